The number of carbonyl (C=O) groups excluding carboxylic acids is 2. The van der Waals surface area contributed by atoms with E-state index in [1.807, 2.05) is 18.2 Å². The monoisotopic (exact) mass is 685 g/mol. The van der Waals surface area contributed by atoms with Gasteiger partial charge in [0.25, 0.3) is 0 Å². The highest BCUT2D eigenvalue weighted by atomic mass is 31.2. The molecule has 0 aliphatic carbocycles. The molecular weight excluding hydrogens is 625 g/mol. The maximum absolute atomic E-state index is 12.5. The topological polar surface area (TPSA) is 172 Å². The van der Waals surface area contributed by atoms with Crippen molar-refractivity contribution in [2.24, 2.45) is 5.73 Å². The summed E-state index contributed by atoms with van der Waals surface area (Å²) in [6.45, 7) is 2.55. The van der Waals surface area contributed by atoms with Crippen molar-refractivity contribution < 1.29 is 47.5 Å². The summed E-state index contributed by atoms with van der Waals surface area (Å²) < 4.78 is 32.3. The maximum atomic E-state index is 12.5. The molecule has 0 fully saturated rings. The maximum Gasteiger partial charge on any atom is 0.472 e. The Balaban J connectivity index is 4.64. The molecule has 0 aliphatic rings. The van der Waals surface area contributed by atoms with Gasteiger partial charge < -0.3 is 25.2 Å². The zero-order chi connectivity index (χ0) is 35.0. The van der Waals surface area contributed by atoms with Crippen LogP contribution in [-0.2, 0) is 37.5 Å². The normalized spacial score (nSPS) is 14.6. The quantitative estimate of drug-likeness (QED) is 0.0280. The van der Waals surface area contributed by atoms with Crippen molar-refractivity contribution in [2.45, 2.75) is 135 Å². The number of nitrogens with two attached hydrogens (primary N) is 1. The Morgan fingerprint density at radius 3 is 1.74 bits per heavy atom. The number of carbonyl (C=O) groups is 3. The van der Waals surface area contributed by atoms with Crippen molar-refractivity contribution in [3.63, 3.8) is 0 Å². The number of unbranched alkanes of at least 4 members (excludes halogenated alkanes) is 9. The molecule has 0 aromatic rings. The van der Waals surface area contributed by atoms with E-state index in [0.717, 1.165) is 44.9 Å². The van der Waals surface area contributed by atoms with Crippen LogP contribution in [0, 0.1) is 0 Å². The Morgan fingerprint density at radius 2 is 1.19 bits per heavy atom. The molecule has 0 aliphatic heterocycles. The van der Waals surface area contributed by atoms with E-state index in [-0.39, 0.29) is 19.4 Å². The third-order valence-corrected chi connectivity index (χ3v) is 7.81. The third kappa shape index (κ3) is 30.5. The second-order valence-electron chi connectivity index (χ2n) is 11.3. The number of aliphatic carboxylic acids is 1. The van der Waals surface area contributed by atoms with Gasteiger partial charge in [-0.05, 0) is 38.5 Å². The van der Waals surface area contributed by atoms with Crippen molar-refractivity contribution >= 4 is 25.7 Å². The van der Waals surface area contributed by atoms with E-state index in [2.05, 4.69) is 48.8 Å². The molecule has 12 heteroatoms. The first-order chi connectivity index (χ1) is 22.6. The van der Waals surface area contributed by atoms with Gasteiger partial charge in [-0.1, -0.05) is 120 Å². The average Bonchev–Trinajstić information content (AvgIpc) is 3.04. The van der Waals surface area contributed by atoms with E-state index in [9.17, 15) is 23.8 Å². The van der Waals surface area contributed by atoms with Gasteiger partial charge in [0.05, 0.1) is 13.2 Å². The summed E-state index contributed by atoms with van der Waals surface area (Å²) in [5.74, 6) is -2.49. The number of carboxylic acid groups (broad SMARTS) is 1. The fraction of sp³-hybridized carbons (Fsp3) is 0.686. The molecule has 0 radical (unpaired) electrons. The number of phosphoric ester groups is 1. The van der Waals surface area contributed by atoms with E-state index in [1.165, 1.54) is 38.5 Å². The van der Waals surface area contributed by atoms with Crippen molar-refractivity contribution in [3.05, 3.63) is 48.6 Å². The first kappa shape index (κ1) is 44.4. The van der Waals surface area contributed by atoms with Crippen molar-refractivity contribution in [2.75, 3.05) is 19.8 Å². The highest BCUT2D eigenvalue weighted by Crippen LogP contribution is 2.43. The average molecular weight is 686 g/mol. The SMILES string of the molecule is CC/C=C\C/C=C\C/C=C\C/C=C\CCC(=O)OC(COC(=O)CCCCCCCCCCCC)COP(=O)(O)OCC(N)C(=O)O. The highest BCUT2D eigenvalue weighted by Gasteiger charge is 2.28. The molecule has 47 heavy (non-hydrogen) atoms. The van der Waals surface area contributed by atoms with Crippen LogP contribution < -0.4 is 5.73 Å². The highest BCUT2D eigenvalue weighted by molar-refractivity contribution is 7.47. The van der Waals surface area contributed by atoms with Crippen LogP contribution in [0.3, 0.4) is 0 Å². The number of phosphoric acid groups is 1. The summed E-state index contributed by atoms with van der Waals surface area (Å²) in [6.07, 6.45) is 30.7. The van der Waals surface area contributed by atoms with Crippen LogP contribution in [0.5, 0.6) is 0 Å². The van der Waals surface area contributed by atoms with Gasteiger partial charge in [-0.15, -0.1) is 0 Å². The van der Waals surface area contributed by atoms with Crippen LogP contribution >= 0.6 is 7.82 Å². The van der Waals surface area contributed by atoms with Crippen molar-refractivity contribution in [1.29, 1.82) is 0 Å². The molecule has 4 N–H and O–H groups in total. The standard InChI is InChI=1S/C35H60NO10P/c1-3-5-7-9-11-13-15-16-17-19-21-23-25-27-34(38)46-31(29-44-47(41,42)45-30-32(36)35(39)40)28-43-33(37)26-24-22-20-18-14-12-10-8-6-4-2/h5,7,11,13,16-17,21,23,31-32H,3-4,6,8-10,12,14-15,18-20,22,24-30,36H2,1-2H3,(H,39,40)(H,41,42)/b7-5-,13-11-,17-16-,23-21-. The number of hydrogen-bond donors (Lipinski definition) is 3. The van der Waals surface area contributed by atoms with Gasteiger partial charge in [-0.2, -0.15) is 0 Å². The molecule has 0 rings (SSSR count). The molecule has 0 spiro atoms. The predicted molar refractivity (Wildman–Crippen MR) is 185 cm³/mol. The molecule has 0 bridgehead atoms. The number of hydrogen-bond acceptors (Lipinski definition) is 9. The van der Waals surface area contributed by atoms with Crippen molar-refractivity contribution in [3.8, 4) is 0 Å². The summed E-state index contributed by atoms with van der Waals surface area (Å²) in [6, 6.07) is -1.53. The molecule has 0 aromatic heterocycles. The Labute approximate surface area is 282 Å². The van der Waals surface area contributed by atoms with Gasteiger partial charge in [0.15, 0.2) is 6.10 Å². The van der Waals surface area contributed by atoms with Gasteiger partial charge in [0.1, 0.15) is 12.6 Å². The number of allylic oxidation sites excluding steroid dienone is 8. The van der Waals surface area contributed by atoms with Gasteiger partial charge in [0, 0.05) is 12.8 Å². The Hall–Kier alpha value is -2.56. The molecule has 11 nitrogen and oxygen atoms in total. The number of rotatable bonds is 31. The Bertz CT molecular complexity index is 995. The lowest BCUT2D eigenvalue weighted by Gasteiger charge is -2.20. The first-order valence-electron chi connectivity index (χ1n) is 17.2. The third-order valence-electron chi connectivity index (χ3n) is 6.85. The van der Waals surface area contributed by atoms with E-state index in [0.29, 0.717) is 12.8 Å². The van der Waals surface area contributed by atoms with E-state index >= 15 is 0 Å². The lowest BCUT2D eigenvalue weighted by molar-refractivity contribution is -0.161. The molecule has 3 unspecified atom stereocenters. The van der Waals surface area contributed by atoms with Crippen LogP contribution in [0.1, 0.15) is 123 Å². The van der Waals surface area contributed by atoms with Crippen LogP contribution in [-0.4, -0.2) is 59.9 Å². The van der Waals surface area contributed by atoms with Gasteiger partial charge in [-0.3, -0.25) is 23.4 Å². The molecule has 0 amide bonds. The van der Waals surface area contributed by atoms with Gasteiger partial charge in [-0.25, -0.2) is 4.57 Å². The molecular formula is C35H60NO10P. The van der Waals surface area contributed by atoms with E-state index < -0.39 is 51.1 Å². The molecule has 0 aromatic carbocycles. The summed E-state index contributed by atoms with van der Waals surface area (Å²) >= 11 is 0. The molecule has 0 saturated heterocycles. The van der Waals surface area contributed by atoms with Crippen molar-refractivity contribution in [1.82, 2.24) is 0 Å². The van der Waals surface area contributed by atoms with E-state index in [4.69, 9.17) is 24.8 Å². The molecule has 3 atom stereocenters. The fourth-order valence-electron chi connectivity index (χ4n) is 4.13. The minimum Gasteiger partial charge on any atom is -0.480 e. The summed E-state index contributed by atoms with van der Waals surface area (Å²) in [5.41, 5.74) is 5.29. The predicted octanol–water partition coefficient (Wildman–Crippen LogP) is 7.88. The zero-order valence-corrected chi connectivity index (χ0v) is 29.5. The Morgan fingerprint density at radius 1 is 0.681 bits per heavy atom. The molecule has 0 saturated carbocycles. The van der Waals surface area contributed by atoms with Crippen LogP contribution in [0.15, 0.2) is 48.6 Å². The second-order valence-corrected chi connectivity index (χ2v) is 12.7. The van der Waals surface area contributed by atoms with E-state index in [1.54, 1.807) is 0 Å². The minimum absolute atomic E-state index is 0.0397. The first-order valence-corrected chi connectivity index (χ1v) is 18.7. The number of ether oxygens (including phenoxy) is 2. The number of esters is 2. The minimum atomic E-state index is -4.72. The summed E-state index contributed by atoms with van der Waals surface area (Å²) in [5, 5.41) is 8.83. The summed E-state index contributed by atoms with van der Waals surface area (Å²) in [7, 11) is -4.72. The fourth-order valence-corrected chi connectivity index (χ4v) is 4.91. The second kappa shape index (κ2) is 30.8. The van der Waals surface area contributed by atoms with Crippen LogP contribution in [0.4, 0.5) is 0 Å². The van der Waals surface area contributed by atoms with Crippen LogP contribution in [0.25, 0.3) is 0 Å². The number of carboxylic acids is 1. The van der Waals surface area contributed by atoms with Gasteiger partial charge >= 0.3 is 25.7 Å². The lowest BCUT2D eigenvalue weighted by atomic mass is 10.1. The lowest BCUT2D eigenvalue weighted by Crippen LogP contribution is -2.34. The largest absolute Gasteiger partial charge is 0.480 e. The Kier molecular flexibility index (Phi) is 29.1. The van der Waals surface area contributed by atoms with Gasteiger partial charge in [0.2, 0.25) is 0 Å². The smallest absolute Gasteiger partial charge is 0.472 e. The summed E-state index contributed by atoms with van der Waals surface area (Å²) in [4.78, 5) is 45.5. The van der Waals surface area contributed by atoms with Crippen LogP contribution in [0.2, 0.25) is 0 Å². The molecule has 270 valence electrons. The zero-order valence-electron chi connectivity index (χ0n) is 28.6. The molecule has 0 heterocycles.